The molecule has 5 rings (SSSR count). The summed E-state index contributed by atoms with van der Waals surface area (Å²) in [4.78, 5) is 31.7. The van der Waals surface area contributed by atoms with Gasteiger partial charge < -0.3 is 18.9 Å². The number of halogens is 2. The Hall–Kier alpha value is -4.77. The second kappa shape index (κ2) is 12.0. The number of thiazole rings is 1. The standard InChI is InChI=1S/C31H26F2N2O6S/c1-17-27(30(37)40-4)28(19-6-9-22(38-2)10-7-19)35-29(36)26(42-31(35)34-17)14-18-5-11-24(39-3)20(13-18)16-41-25-12-8-21(32)15-23(25)33/h5-15,28H,16H2,1-4H3/t28-/m0/s1. The Balaban J connectivity index is 1.57. The Morgan fingerprint density at radius 1 is 1.00 bits per heavy atom. The maximum absolute atomic E-state index is 14.1. The summed E-state index contributed by atoms with van der Waals surface area (Å²) in [5.41, 5.74) is 2.31. The Bertz CT molecular complexity index is 1880. The third-order valence-electron chi connectivity index (χ3n) is 6.74. The van der Waals surface area contributed by atoms with Crippen LogP contribution in [0.2, 0.25) is 0 Å². The van der Waals surface area contributed by atoms with Crippen molar-refractivity contribution in [1.82, 2.24) is 4.57 Å². The number of hydrogen-bond donors (Lipinski definition) is 0. The molecule has 1 aliphatic rings. The number of rotatable bonds is 8. The van der Waals surface area contributed by atoms with E-state index in [1.54, 1.807) is 62.6 Å². The molecule has 4 aromatic rings. The number of benzene rings is 3. The molecule has 1 aliphatic heterocycles. The van der Waals surface area contributed by atoms with Gasteiger partial charge in [-0.05, 0) is 60.5 Å². The normalized spacial score (nSPS) is 14.7. The number of carbonyl (C=O) groups excluding carboxylic acids is 1. The molecule has 11 heteroatoms. The van der Waals surface area contributed by atoms with E-state index in [-0.39, 0.29) is 23.5 Å². The molecule has 42 heavy (non-hydrogen) atoms. The van der Waals surface area contributed by atoms with Gasteiger partial charge in [0, 0.05) is 11.6 Å². The summed E-state index contributed by atoms with van der Waals surface area (Å²) in [6.07, 6.45) is 1.70. The fraction of sp³-hybridized carbons (Fsp3) is 0.194. The van der Waals surface area contributed by atoms with E-state index in [1.807, 2.05) is 0 Å². The van der Waals surface area contributed by atoms with E-state index in [9.17, 15) is 18.4 Å². The Morgan fingerprint density at radius 2 is 1.74 bits per heavy atom. The molecular formula is C31H26F2N2O6S. The van der Waals surface area contributed by atoms with Gasteiger partial charge in [-0.2, -0.15) is 0 Å². The van der Waals surface area contributed by atoms with E-state index in [0.29, 0.717) is 43.2 Å². The zero-order valence-corrected chi connectivity index (χ0v) is 24.0. The first-order chi connectivity index (χ1) is 20.2. The summed E-state index contributed by atoms with van der Waals surface area (Å²) in [5.74, 6) is -1.08. The van der Waals surface area contributed by atoms with Crippen LogP contribution < -0.4 is 29.1 Å². The van der Waals surface area contributed by atoms with Crippen molar-refractivity contribution in [3.05, 3.63) is 120 Å². The average Bonchev–Trinajstić information content (AvgIpc) is 3.29. The molecule has 1 atom stereocenters. The van der Waals surface area contributed by atoms with Crippen molar-refractivity contribution in [3.63, 3.8) is 0 Å². The first-order valence-corrected chi connectivity index (χ1v) is 13.5. The Labute approximate surface area is 243 Å². The van der Waals surface area contributed by atoms with Gasteiger partial charge >= 0.3 is 5.97 Å². The van der Waals surface area contributed by atoms with Crippen LogP contribution in [0.15, 0.2) is 81.7 Å². The van der Waals surface area contributed by atoms with Crippen LogP contribution >= 0.6 is 11.3 Å². The van der Waals surface area contributed by atoms with Crippen LogP contribution in [0.3, 0.4) is 0 Å². The van der Waals surface area contributed by atoms with Crippen molar-refractivity contribution in [1.29, 1.82) is 0 Å². The zero-order valence-electron chi connectivity index (χ0n) is 23.1. The van der Waals surface area contributed by atoms with Crippen molar-refractivity contribution in [2.45, 2.75) is 19.6 Å². The van der Waals surface area contributed by atoms with Crippen molar-refractivity contribution in [2.75, 3.05) is 21.3 Å². The fourth-order valence-electron chi connectivity index (χ4n) is 4.69. The SMILES string of the molecule is COC(=O)C1=C(C)N=c2sc(=Cc3ccc(OC)c(COc4ccc(F)cc4F)c3)c(=O)n2[C@H]1c1ccc(OC)cc1. The molecule has 0 N–H and O–H groups in total. The number of esters is 1. The number of methoxy groups -OCH3 is 3. The van der Waals surface area contributed by atoms with Crippen molar-refractivity contribution < 1.29 is 32.5 Å². The first kappa shape index (κ1) is 28.7. The molecule has 0 bridgehead atoms. The topological polar surface area (TPSA) is 88.4 Å². The highest BCUT2D eigenvalue weighted by Crippen LogP contribution is 2.31. The van der Waals surface area contributed by atoms with Crippen molar-refractivity contribution in [3.8, 4) is 17.2 Å². The molecular weight excluding hydrogens is 566 g/mol. The van der Waals surface area contributed by atoms with Gasteiger partial charge in [-0.15, -0.1) is 0 Å². The predicted molar refractivity (Wildman–Crippen MR) is 152 cm³/mol. The minimum atomic E-state index is -0.820. The molecule has 0 saturated heterocycles. The minimum absolute atomic E-state index is 0.0617. The smallest absolute Gasteiger partial charge is 0.338 e. The van der Waals surface area contributed by atoms with Gasteiger partial charge in [-0.1, -0.05) is 29.5 Å². The van der Waals surface area contributed by atoms with Crippen LogP contribution in [-0.4, -0.2) is 31.9 Å². The van der Waals surface area contributed by atoms with Gasteiger partial charge in [-0.3, -0.25) is 9.36 Å². The van der Waals surface area contributed by atoms with Crippen molar-refractivity contribution >= 4 is 23.4 Å². The minimum Gasteiger partial charge on any atom is -0.497 e. The lowest BCUT2D eigenvalue weighted by Crippen LogP contribution is -2.39. The summed E-state index contributed by atoms with van der Waals surface area (Å²) < 4.78 is 50.6. The molecule has 0 fully saturated rings. The second-order valence-corrected chi connectivity index (χ2v) is 10.3. The highest BCUT2D eigenvalue weighted by molar-refractivity contribution is 7.07. The lowest BCUT2D eigenvalue weighted by Gasteiger charge is -2.24. The molecule has 1 aromatic heterocycles. The number of allylic oxidation sites excluding steroid dienone is 1. The summed E-state index contributed by atoms with van der Waals surface area (Å²) in [6, 6.07) is 14.6. The fourth-order valence-corrected chi connectivity index (χ4v) is 5.74. The van der Waals surface area contributed by atoms with E-state index in [0.717, 1.165) is 12.1 Å². The molecule has 3 aromatic carbocycles. The zero-order chi connectivity index (χ0) is 30.0. The number of fused-ring (bicyclic) bond motifs is 1. The lowest BCUT2D eigenvalue weighted by atomic mass is 9.96. The summed E-state index contributed by atoms with van der Waals surface area (Å²) in [7, 11) is 4.34. The molecule has 2 heterocycles. The quantitative estimate of drug-likeness (QED) is 0.284. The van der Waals surface area contributed by atoms with Crippen LogP contribution in [0.1, 0.15) is 29.7 Å². The predicted octanol–water partition coefficient (Wildman–Crippen LogP) is 4.28. The van der Waals surface area contributed by atoms with Crippen LogP contribution in [0, 0.1) is 11.6 Å². The number of ether oxygens (including phenoxy) is 4. The third-order valence-corrected chi connectivity index (χ3v) is 7.72. The molecule has 216 valence electrons. The number of aromatic nitrogens is 1. The van der Waals surface area contributed by atoms with Gasteiger partial charge in [0.2, 0.25) is 0 Å². The van der Waals surface area contributed by atoms with Gasteiger partial charge in [0.05, 0.1) is 43.2 Å². The van der Waals surface area contributed by atoms with Crippen molar-refractivity contribution in [2.24, 2.45) is 4.99 Å². The summed E-state index contributed by atoms with van der Waals surface area (Å²) in [5, 5.41) is 0. The summed E-state index contributed by atoms with van der Waals surface area (Å²) in [6.45, 7) is 1.65. The molecule has 8 nitrogen and oxygen atoms in total. The maximum atomic E-state index is 14.1. The third kappa shape index (κ3) is 5.55. The highest BCUT2D eigenvalue weighted by atomic mass is 32.1. The monoisotopic (exact) mass is 592 g/mol. The highest BCUT2D eigenvalue weighted by Gasteiger charge is 2.33. The van der Waals surface area contributed by atoms with Crippen LogP contribution in [0.4, 0.5) is 8.78 Å². The van der Waals surface area contributed by atoms with E-state index in [2.05, 4.69) is 4.99 Å². The molecule has 0 aliphatic carbocycles. The number of nitrogens with zero attached hydrogens (tertiary/aromatic N) is 2. The molecule has 0 unspecified atom stereocenters. The molecule has 0 amide bonds. The Kier molecular flexibility index (Phi) is 8.21. The summed E-state index contributed by atoms with van der Waals surface area (Å²) >= 11 is 1.19. The molecule has 0 saturated carbocycles. The van der Waals surface area contributed by atoms with Gasteiger partial charge in [0.1, 0.15) is 23.9 Å². The van der Waals surface area contributed by atoms with Crippen LogP contribution in [0.25, 0.3) is 6.08 Å². The van der Waals surface area contributed by atoms with E-state index >= 15 is 0 Å². The van der Waals surface area contributed by atoms with Crippen LogP contribution in [-0.2, 0) is 16.1 Å². The molecule has 0 spiro atoms. The Morgan fingerprint density at radius 3 is 2.40 bits per heavy atom. The van der Waals surface area contributed by atoms with Gasteiger partial charge in [-0.25, -0.2) is 18.6 Å². The maximum Gasteiger partial charge on any atom is 0.338 e. The van der Waals surface area contributed by atoms with Crippen LogP contribution in [0.5, 0.6) is 17.2 Å². The molecule has 0 radical (unpaired) electrons. The largest absolute Gasteiger partial charge is 0.497 e. The van der Waals surface area contributed by atoms with Gasteiger partial charge in [0.25, 0.3) is 5.56 Å². The average molecular weight is 593 g/mol. The first-order valence-electron chi connectivity index (χ1n) is 12.7. The van der Waals surface area contributed by atoms with E-state index in [1.165, 1.54) is 36.2 Å². The number of hydrogen-bond acceptors (Lipinski definition) is 8. The number of carbonyl (C=O) groups is 1. The van der Waals surface area contributed by atoms with E-state index < -0.39 is 23.6 Å². The second-order valence-electron chi connectivity index (χ2n) is 9.28. The lowest BCUT2D eigenvalue weighted by molar-refractivity contribution is -0.136. The van der Waals surface area contributed by atoms with Gasteiger partial charge in [0.15, 0.2) is 16.4 Å². The van der Waals surface area contributed by atoms with E-state index in [4.69, 9.17) is 18.9 Å².